The molecule has 4 heterocycles. The predicted octanol–water partition coefficient (Wildman–Crippen LogP) is 4.98. The van der Waals surface area contributed by atoms with Crippen LogP contribution in [-0.2, 0) is 10.2 Å². The van der Waals surface area contributed by atoms with Gasteiger partial charge in [-0.1, -0.05) is 20.8 Å². The Hall–Kier alpha value is -3.30. The summed E-state index contributed by atoms with van der Waals surface area (Å²) in [5.41, 5.74) is 2.67. The van der Waals surface area contributed by atoms with E-state index in [4.69, 9.17) is 9.40 Å². The number of benzene rings is 1. The summed E-state index contributed by atoms with van der Waals surface area (Å²) < 4.78 is 19.8. The largest absolute Gasteiger partial charge is 0.449 e. The number of carbonyl (C=O) groups is 2. The third-order valence-electron chi connectivity index (χ3n) is 8.07. The quantitative estimate of drug-likeness (QED) is 0.496. The first-order valence-corrected chi connectivity index (χ1v) is 14.0. The molecule has 40 heavy (non-hydrogen) atoms. The van der Waals surface area contributed by atoms with Crippen molar-refractivity contribution in [1.82, 2.24) is 25.2 Å². The average molecular weight is 550 g/mol. The van der Waals surface area contributed by atoms with E-state index in [1.165, 1.54) is 12.1 Å². The molecule has 1 N–H and O–H groups in total. The van der Waals surface area contributed by atoms with Crippen molar-refractivity contribution in [3.05, 3.63) is 53.5 Å². The topological polar surface area (TPSA) is 81.9 Å². The lowest BCUT2D eigenvalue weighted by Gasteiger charge is -2.53. The number of fused-ring (bicyclic) bond motifs is 1. The summed E-state index contributed by atoms with van der Waals surface area (Å²) >= 11 is 0. The molecule has 1 aromatic carbocycles. The highest BCUT2D eigenvalue weighted by Gasteiger charge is 2.43. The van der Waals surface area contributed by atoms with Crippen LogP contribution in [0.15, 0.2) is 40.8 Å². The Balaban J connectivity index is 1.44. The van der Waals surface area contributed by atoms with Gasteiger partial charge in [0, 0.05) is 61.9 Å². The first-order chi connectivity index (χ1) is 18.7. The summed E-state index contributed by atoms with van der Waals surface area (Å²) in [4.78, 5) is 32.7. The Morgan fingerprint density at radius 2 is 1.73 bits per heavy atom. The highest BCUT2D eigenvalue weighted by molar-refractivity contribution is 5.97. The van der Waals surface area contributed by atoms with Crippen LogP contribution in [0.25, 0.3) is 22.4 Å². The maximum Gasteiger partial charge on any atom is 0.290 e. The Kier molecular flexibility index (Phi) is 7.03. The van der Waals surface area contributed by atoms with Crippen LogP contribution < -0.4 is 5.32 Å². The van der Waals surface area contributed by atoms with Crippen LogP contribution in [0.2, 0.25) is 0 Å². The van der Waals surface area contributed by atoms with E-state index in [2.05, 4.69) is 63.8 Å². The van der Waals surface area contributed by atoms with Crippen molar-refractivity contribution in [3.8, 4) is 11.3 Å². The Labute approximate surface area is 235 Å². The molecule has 0 atom stereocenters. The molecule has 8 nitrogen and oxygen atoms in total. The fraction of sp³-hybridized carbons (Fsp3) is 0.516. The molecule has 2 fully saturated rings. The molecular formula is C31H40FN5O3. The first-order valence-electron chi connectivity index (χ1n) is 14.0. The normalized spacial score (nSPS) is 20.4. The second-order valence-electron chi connectivity index (χ2n) is 13.3. The highest BCUT2D eigenvalue weighted by Crippen LogP contribution is 2.36. The van der Waals surface area contributed by atoms with Crippen LogP contribution in [0.4, 0.5) is 4.39 Å². The molecule has 0 bridgehead atoms. The number of furan rings is 1. The van der Waals surface area contributed by atoms with Crippen LogP contribution in [0.5, 0.6) is 0 Å². The molecule has 9 heteroatoms. The molecule has 2 aliphatic heterocycles. The Bertz CT molecular complexity index is 1440. The molecule has 0 spiro atoms. The van der Waals surface area contributed by atoms with Gasteiger partial charge in [0.2, 0.25) is 5.91 Å². The fourth-order valence-corrected chi connectivity index (χ4v) is 5.83. The zero-order valence-corrected chi connectivity index (χ0v) is 24.6. The molecule has 2 amide bonds. The number of piperazine rings is 1. The van der Waals surface area contributed by atoms with Crippen LogP contribution in [0.3, 0.4) is 0 Å². The number of nitrogens with one attached hydrogen (secondary N) is 1. The summed E-state index contributed by atoms with van der Waals surface area (Å²) in [6.07, 6.45) is 0.449. The minimum atomic E-state index is -0.478. The van der Waals surface area contributed by atoms with E-state index in [1.807, 2.05) is 11.0 Å². The van der Waals surface area contributed by atoms with Gasteiger partial charge in [0.15, 0.2) is 11.3 Å². The summed E-state index contributed by atoms with van der Waals surface area (Å²) in [5, 5.41) is 7.58. The van der Waals surface area contributed by atoms with Gasteiger partial charge in [-0.3, -0.25) is 9.59 Å². The van der Waals surface area contributed by atoms with Gasteiger partial charge in [0.05, 0.1) is 11.2 Å². The van der Waals surface area contributed by atoms with E-state index in [-0.39, 0.29) is 34.3 Å². The number of amides is 2. The zero-order chi connectivity index (χ0) is 29.0. The van der Waals surface area contributed by atoms with Crippen LogP contribution in [-0.4, -0.2) is 75.5 Å². The second-order valence-corrected chi connectivity index (χ2v) is 13.3. The van der Waals surface area contributed by atoms with Crippen molar-refractivity contribution in [1.29, 1.82) is 0 Å². The zero-order valence-electron chi connectivity index (χ0n) is 24.6. The van der Waals surface area contributed by atoms with E-state index in [9.17, 15) is 14.0 Å². The smallest absolute Gasteiger partial charge is 0.290 e. The van der Waals surface area contributed by atoms with Crippen molar-refractivity contribution in [3.63, 3.8) is 0 Å². The predicted molar refractivity (Wildman–Crippen MR) is 153 cm³/mol. The van der Waals surface area contributed by atoms with Gasteiger partial charge >= 0.3 is 0 Å². The molecular weight excluding hydrogens is 509 g/mol. The number of aromatic nitrogens is 1. The molecule has 0 aliphatic carbocycles. The lowest BCUT2D eigenvalue weighted by atomic mass is 9.86. The van der Waals surface area contributed by atoms with Gasteiger partial charge in [-0.05, 0) is 63.4 Å². The Morgan fingerprint density at radius 1 is 1.02 bits per heavy atom. The number of pyridine rings is 1. The van der Waals surface area contributed by atoms with Crippen LogP contribution in [0.1, 0.15) is 71.0 Å². The van der Waals surface area contributed by atoms with Gasteiger partial charge < -0.3 is 14.6 Å². The van der Waals surface area contributed by atoms with Crippen molar-refractivity contribution < 1.29 is 18.4 Å². The summed E-state index contributed by atoms with van der Waals surface area (Å²) in [7, 11) is 0. The number of rotatable bonds is 3. The van der Waals surface area contributed by atoms with Gasteiger partial charge in [-0.15, -0.1) is 0 Å². The third kappa shape index (κ3) is 5.37. The monoisotopic (exact) mass is 549 g/mol. The number of halogens is 1. The van der Waals surface area contributed by atoms with Gasteiger partial charge in [-0.2, -0.15) is 0 Å². The highest BCUT2D eigenvalue weighted by atomic mass is 19.1. The molecule has 214 valence electrons. The molecule has 2 aliphatic rings. The van der Waals surface area contributed by atoms with Crippen LogP contribution in [0, 0.1) is 5.82 Å². The first kappa shape index (κ1) is 28.2. The number of hydrogen-bond donors (Lipinski definition) is 1. The maximum atomic E-state index is 13.9. The third-order valence-corrected chi connectivity index (χ3v) is 8.07. The molecule has 3 aromatic rings. The van der Waals surface area contributed by atoms with E-state index < -0.39 is 5.54 Å². The van der Waals surface area contributed by atoms with Gasteiger partial charge in [0.25, 0.3) is 5.91 Å². The van der Waals surface area contributed by atoms with E-state index in [1.54, 1.807) is 18.2 Å². The summed E-state index contributed by atoms with van der Waals surface area (Å²) in [6, 6.07) is 9.97. The maximum absolute atomic E-state index is 13.9. The SMILES string of the molecule is CC(C)(C)c1cc(-c2ccc(F)cc2)nc2cc(C(=O)N3CCN(N4CCC(=O)NCC4(C)C)CC3(C)C)oc12. The number of carbonyl (C=O) groups excluding carboxylic acids is 2. The molecule has 0 saturated carbocycles. The average Bonchev–Trinajstić information content (AvgIpc) is 3.24. The second kappa shape index (κ2) is 9.96. The molecule has 0 unspecified atom stereocenters. The lowest BCUT2D eigenvalue weighted by Crippen LogP contribution is -2.67. The van der Waals surface area contributed by atoms with Crippen molar-refractivity contribution in [2.75, 3.05) is 32.7 Å². The van der Waals surface area contributed by atoms with Crippen LogP contribution >= 0.6 is 0 Å². The number of nitrogens with zero attached hydrogens (tertiary/aromatic N) is 4. The van der Waals surface area contributed by atoms with Gasteiger partial charge in [-0.25, -0.2) is 19.4 Å². The molecule has 2 aromatic heterocycles. The van der Waals surface area contributed by atoms with Crippen molar-refractivity contribution in [2.24, 2.45) is 0 Å². The lowest BCUT2D eigenvalue weighted by molar-refractivity contribution is -0.135. The minimum absolute atomic E-state index is 0.0688. The van der Waals surface area contributed by atoms with E-state index in [0.717, 1.165) is 11.1 Å². The minimum Gasteiger partial charge on any atom is -0.449 e. The molecule has 2 saturated heterocycles. The summed E-state index contributed by atoms with van der Waals surface area (Å²) in [5.74, 6) is -0.141. The van der Waals surface area contributed by atoms with Crippen molar-refractivity contribution >= 4 is 22.9 Å². The summed E-state index contributed by atoms with van der Waals surface area (Å²) in [6.45, 7) is 17.7. The molecule has 0 radical (unpaired) electrons. The van der Waals surface area contributed by atoms with E-state index >= 15 is 0 Å². The Morgan fingerprint density at radius 3 is 2.38 bits per heavy atom. The standard InChI is InChI=1S/C31H40FN5O3/c1-29(2,3)22-16-23(20-8-10-21(32)11-9-20)34-24-17-25(40-27(22)24)28(39)36-15-14-35(19-31(36,6)7)37-13-12-26(38)33-18-30(37,4)5/h8-11,16-17H,12-15,18-19H2,1-7H3,(H,33,38). The fourth-order valence-electron chi connectivity index (χ4n) is 5.83. The number of hydrogen-bond acceptors (Lipinski definition) is 6. The van der Waals surface area contributed by atoms with E-state index in [0.29, 0.717) is 55.9 Å². The molecule has 5 rings (SSSR count). The number of hydrazine groups is 1. The van der Waals surface area contributed by atoms with Gasteiger partial charge in [0.1, 0.15) is 11.3 Å². The van der Waals surface area contributed by atoms with Crippen molar-refractivity contribution in [2.45, 2.75) is 71.4 Å².